The third-order valence-electron chi connectivity index (χ3n) is 3.94. The highest BCUT2D eigenvalue weighted by Gasteiger charge is 2.05. The number of methoxy groups -OCH3 is 1. The van der Waals surface area contributed by atoms with Crippen molar-refractivity contribution in [3.8, 4) is 5.75 Å². The van der Waals surface area contributed by atoms with Crippen molar-refractivity contribution in [3.05, 3.63) is 77.4 Å². The molecular formula is C21H20O. The van der Waals surface area contributed by atoms with Gasteiger partial charge in [-0.3, -0.25) is 0 Å². The number of hydrogen-bond acceptors (Lipinski definition) is 1. The third kappa shape index (κ3) is 2.75. The zero-order valence-electron chi connectivity index (χ0n) is 13.3. The van der Waals surface area contributed by atoms with Gasteiger partial charge in [0, 0.05) is 5.56 Å². The lowest BCUT2D eigenvalue weighted by atomic mass is 9.97. The molecule has 0 aliphatic carbocycles. The Labute approximate surface area is 131 Å². The van der Waals surface area contributed by atoms with Gasteiger partial charge in [0.25, 0.3) is 0 Å². The van der Waals surface area contributed by atoms with Crippen LogP contribution in [0.5, 0.6) is 5.75 Å². The molecule has 0 aromatic heterocycles. The van der Waals surface area contributed by atoms with Crippen LogP contribution in [0.1, 0.15) is 23.6 Å². The minimum atomic E-state index is 0.910. The molecule has 0 spiro atoms. The lowest BCUT2D eigenvalue weighted by Gasteiger charge is -2.10. The van der Waals surface area contributed by atoms with Gasteiger partial charge in [-0.2, -0.15) is 0 Å². The average molecular weight is 288 g/mol. The summed E-state index contributed by atoms with van der Waals surface area (Å²) in [6.45, 7) is 4.27. The van der Waals surface area contributed by atoms with E-state index in [1.54, 1.807) is 7.11 Å². The van der Waals surface area contributed by atoms with Crippen molar-refractivity contribution in [2.45, 2.75) is 13.8 Å². The largest absolute Gasteiger partial charge is 0.496 e. The molecular weight excluding hydrogens is 268 g/mol. The molecule has 3 aromatic rings. The van der Waals surface area contributed by atoms with Crippen LogP contribution in [0, 0.1) is 6.92 Å². The maximum absolute atomic E-state index is 5.47. The van der Waals surface area contributed by atoms with Gasteiger partial charge >= 0.3 is 0 Å². The highest BCUT2D eigenvalue weighted by Crippen LogP contribution is 2.29. The molecule has 0 saturated carbocycles. The number of benzene rings is 3. The van der Waals surface area contributed by atoms with E-state index in [2.05, 4.69) is 62.4 Å². The number of ether oxygens (including phenoxy) is 1. The molecule has 22 heavy (non-hydrogen) atoms. The summed E-state index contributed by atoms with van der Waals surface area (Å²) in [4.78, 5) is 0. The molecule has 1 nitrogen and oxygen atoms in total. The third-order valence-corrected chi connectivity index (χ3v) is 3.94. The van der Waals surface area contributed by atoms with Gasteiger partial charge in [0.1, 0.15) is 5.75 Å². The smallest absolute Gasteiger partial charge is 0.126 e. The molecule has 0 aliphatic rings. The predicted octanol–water partition coefficient (Wildman–Crippen LogP) is 5.72. The first-order valence-corrected chi connectivity index (χ1v) is 7.50. The van der Waals surface area contributed by atoms with Crippen molar-refractivity contribution >= 4 is 22.4 Å². The first-order valence-electron chi connectivity index (χ1n) is 7.50. The molecule has 0 aliphatic heterocycles. The zero-order valence-corrected chi connectivity index (χ0v) is 13.3. The van der Waals surface area contributed by atoms with E-state index in [1.807, 2.05) is 18.2 Å². The van der Waals surface area contributed by atoms with E-state index in [4.69, 9.17) is 4.74 Å². The molecule has 0 N–H and O–H groups in total. The number of hydrogen-bond donors (Lipinski definition) is 0. The van der Waals surface area contributed by atoms with E-state index >= 15 is 0 Å². The maximum atomic E-state index is 5.47. The molecule has 110 valence electrons. The fraction of sp³-hybridized carbons (Fsp3) is 0.143. The Balaban J connectivity index is 2.16. The molecule has 0 saturated heterocycles. The predicted molar refractivity (Wildman–Crippen MR) is 95.2 cm³/mol. The van der Waals surface area contributed by atoms with Gasteiger partial charge in [0.2, 0.25) is 0 Å². The second-order valence-electron chi connectivity index (χ2n) is 5.60. The summed E-state index contributed by atoms with van der Waals surface area (Å²) in [5.41, 5.74) is 4.86. The second-order valence-corrected chi connectivity index (χ2v) is 5.60. The summed E-state index contributed by atoms with van der Waals surface area (Å²) in [7, 11) is 1.72. The summed E-state index contributed by atoms with van der Waals surface area (Å²) in [6, 6.07) is 21.1. The van der Waals surface area contributed by atoms with E-state index in [0.29, 0.717) is 0 Å². The lowest BCUT2D eigenvalue weighted by Crippen LogP contribution is -1.89. The fourth-order valence-electron chi connectivity index (χ4n) is 2.90. The Morgan fingerprint density at radius 3 is 2.50 bits per heavy atom. The Kier molecular flexibility index (Phi) is 3.97. The van der Waals surface area contributed by atoms with Crippen molar-refractivity contribution < 1.29 is 4.74 Å². The molecule has 0 radical (unpaired) electrons. The molecule has 3 aromatic carbocycles. The van der Waals surface area contributed by atoms with Gasteiger partial charge < -0.3 is 4.74 Å². The van der Waals surface area contributed by atoms with Crippen LogP contribution < -0.4 is 4.74 Å². The Hall–Kier alpha value is -2.54. The zero-order chi connectivity index (χ0) is 15.5. The first-order chi connectivity index (χ1) is 10.7. The van der Waals surface area contributed by atoms with E-state index in [0.717, 1.165) is 11.3 Å². The summed E-state index contributed by atoms with van der Waals surface area (Å²) in [5, 5.41) is 2.56. The van der Waals surface area contributed by atoms with Gasteiger partial charge in [-0.25, -0.2) is 0 Å². The minimum absolute atomic E-state index is 0.910. The molecule has 0 heterocycles. The number of fused-ring (bicyclic) bond motifs is 1. The Bertz CT molecular complexity index is 843. The van der Waals surface area contributed by atoms with Crippen LogP contribution in [0.4, 0.5) is 0 Å². The molecule has 0 bridgehead atoms. The molecule has 0 atom stereocenters. The van der Waals surface area contributed by atoms with Crippen LogP contribution in [0.2, 0.25) is 0 Å². The Morgan fingerprint density at radius 2 is 1.68 bits per heavy atom. The highest BCUT2D eigenvalue weighted by atomic mass is 16.5. The summed E-state index contributed by atoms with van der Waals surface area (Å²) >= 11 is 0. The van der Waals surface area contributed by atoms with Crippen molar-refractivity contribution in [1.82, 2.24) is 0 Å². The monoisotopic (exact) mass is 288 g/mol. The van der Waals surface area contributed by atoms with Gasteiger partial charge in [-0.05, 0) is 47.4 Å². The van der Waals surface area contributed by atoms with Gasteiger partial charge in [-0.1, -0.05) is 60.7 Å². The number of allylic oxidation sites excluding steroid dienone is 1. The topological polar surface area (TPSA) is 9.23 Å². The standard InChI is InChI=1S/C21H20O/c1-15-12-17-8-4-5-10-20(17)18(13-15)14-16(2)19-9-6-7-11-21(19)22-3/h4-14H,1-3H3/b16-14-. The van der Waals surface area contributed by atoms with E-state index < -0.39 is 0 Å². The van der Waals surface area contributed by atoms with Crippen LogP contribution in [0.15, 0.2) is 60.7 Å². The van der Waals surface area contributed by atoms with Crippen molar-refractivity contribution in [2.75, 3.05) is 7.11 Å². The van der Waals surface area contributed by atoms with E-state index in [-0.39, 0.29) is 0 Å². The summed E-state index contributed by atoms with van der Waals surface area (Å²) < 4.78 is 5.47. The summed E-state index contributed by atoms with van der Waals surface area (Å²) in [5.74, 6) is 0.910. The van der Waals surface area contributed by atoms with Crippen molar-refractivity contribution in [3.63, 3.8) is 0 Å². The van der Waals surface area contributed by atoms with E-state index in [1.165, 1.54) is 27.5 Å². The molecule has 1 heteroatoms. The van der Waals surface area contributed by atoms with Crippen LogP contribution >= 0.6 is 0 Å². The molecule has 3 rings (SSSR count). The van der Waals surface area contributed by atoms with E-state index in [9.17, 15) is 0 Å². The van der Waals surface area contributed by atoms with Crippen LogP contribution in [-0.4, -0.2) is 7.11 Å². The summed E-state index contributed by atoms with van der Waals surface area (Å²) in [6.07, 6.45) is 2.24. The molecule has 0 amide bonds. The SMILES string of the molecule is COc1ccccc1/C(C)=C\c1cc(C)cc2ccccc12. The van der Waals surface area contributed by atoms with Gasteiger partial charge in [0.05, 0.1) is 7.11 Å². The minimum Gasteiger partial charge on any atom is -0.496 e. The van der Waals surface area contributed by atoms with Crippen LogP contribution in [0.25, 0.3) is 22.4 Å². The van der Waals surface area contributed by atoms with Gasteiger partial charge in [0.15, 0.2) is 0 Å². The first kappa shape index (κ1) is 14.4. The number of aryl methyl sites for hydroxylation is 1. The Morgan fingerprint density at radius 1 is 0.955 bits per heavy atom. The normalized spacial score (nSPS) is 11.7. The quantitative estimate of drug-likeness (QED) is 0.560. The molecule has 0 fully saturated rings. The fourth-order valence-corrected chi connectivity index (χ4v) is 2.90. The number of rotatable bonds is 3. The average Bonchev–Trinajstić information content (AvgIpc) is 2.54. The second kappa shape index (κ2) is 6.07. The van der Waals surface area contributed by atoms with Crippen molar-refractivity contribution in [2.24, 2.45) is 0 Å². The maximum Gasteiger partial charge on any atom is 0.126 e. The van der Waals surface area contributed by atoms with Crippen LogP contribution in [-0.2, 0) is 0 Å². The van der Waals surface area contributed by atoms with Crippen LogP contribution in [0.3, 0.4) is 0 Å². The highest BCUT2D eigenvalue weighted by molar-refractivity contribution is 5.96. The molecule has 0 unspecified atom stereocenters. The lowest BCUT2D eigenvalue weighted by molar-refractivity contribution is 0.413. The van der Waals surface area contributed by atoms with Gasteiger partial charge in [-0.15, -0.1) is 0 Å². The number of para-hydroxylation sites is 1. The van der Waals surface area contributed by atoms with Crippen molar-refractivity contribution in [1.29, 1.82) is 0 Å².